The summed E-state index contributed by atoms with van der Waals surface area (Å²) < 4.78 is 0. The van der Waals surface area contributed by atoms with Gasteiger partial charge in [0, 0.05) is 12.2 Å². The van der Waals surface area contributed by atoms with Gasteiger partial charge in [0.05, 0.1) is 0 Å². The molecule has 0 aromatic heterocycles. The van der Waals surface area contributed by atoms with Gasteiger partial charge in [-0.05, 0) is 55.5 Å². The molecule has 1 saturated heterocycles. The van der Waals surface area contributed by atoms with Gasteiger partial charge in [-0.25, -0.2) is 0 Å². The third-order valence-electron chi connectivity index (χ3n) is 3.03. The average Bonchev–Trinajstić information content (AvgIpc) is 2.19. The zero-order chi connectivity index (χ0) is 9.97. The fourth-order valence-electron chi connectivity index (χ4n) is 2.27. The number of benzene rings is 1. The van der Waals surface area contributed by atoms with Crippen molar-refractivity contribution in [2.45, 2.75) is 25.7 Å². The van der Waals surface area contributed by atoms with Gasteiger partial charge in [-0.2, -0.15) is 0 Å². The molecule has 1 heterocycles. The number of nitrogen functional groups attached to an aromatic ring is 1. The molecule has 1 fully saturated rings. The van der Waals surface area contributed by atoms with Crippen LogP contribution in [0.4, 0.5) is 5.69 Å². The van der Waals surface area contributed by atoms with E-state index >= 15 is 0 Å². The Bertz CT molecular complexity index is 314. The Labute approximate surface area is 85.5 Å². The number of piperidine rings is 1. The second kappa shape index (κ2) is 4.01. The number of hydrogen-bond donors (Lipinski definition) is 2. The Kier molecular flexibility index (Phi) is 2.73. The fourth-order valence-corrected chi connectivity index (χ4v) is 2.27. The smallest absolute Gasteiger partial charge is 0.0316 e. The molecular weight excluding hydrogens is 172 g/mol. The van der Waals surface area contributed by atoms with Crippen LogP contribution in [0.3, 0.4) is 0 Å². The molecule has 0 aliphatic carbocycles. The molecule has 0 saturated carbocycles. The minimum Gasteiger partial charge on any atom is -0.399 e. The Balaban J connectivity index is 2.22. The monoisotopic (exact) mass is 190 g/mol. The molecule has 2 heteroatoms. The first kappa shape index (κ1) is 9.53. The quantitative estimate of drug-likeness (QED) is 0.665. The van der Waals surface area contributed by atoms with E-state index < -0.39 is 0 Å². The van der Waals surface area contributed by atoms with Crippen LogP contribution in [0.15, 0.2) is 18.2 Å². The molecule has 76 valence electrons. The van der Waals surface area contributed by atoms with Gasteiger partial charge in [-0.3, -0.25) is 0 Å². The van der Waals surface area contributed by atoms with E-state index in [1.807, 2.05) is 6.07 Å². The molecule has 14 heavy (non-hydrogen) atoms. The van der Waals surface area contributed by atoms with Gasteiger partial charge >= 0.3 is 0 Å². The van der Waals surface area contributed by atoms with Crippen molar-refractivity contribution < 1.29 is 0 Å². The van der Waals surface area contributed by atoms with Crippen LogP contribution < -0.4 is 11.1 Å². The molecule has 1 aliphatic rings. The van der Waals surface area contributed by atoms with E-state index in [4.69, 9.17) is 5.73 Å². The third kappa shape index (κ3) is 1.90. The summed E-state index contributed by atoms with van der Waals surface area (Å²) in [6.07, 6.45) is 2.59. The van der Waals surface area contributed by atoms with Crippen molar-refractivity contribution in [3.63, 3.8) is 0 Å². The Morgan fingerprint density at radius 1 is 1.43 bits per heavy atom. The average molecular weight is 190 g/mol. The van der Waals surface area contributed by atoms with Gasteiger partial charge in [0.2, 0.25) is 0 Å². The van der Waals surface area contributed by atoms with Crippen molar-refractivity contribution in [2.75, 3.05) is 18.8 Å². The maximum absolute atomic E-state index is 5.74. The number of rotatable bonds is 1. The molecule has 0 amide bonds. The molecule has 0 radical (unpaired) electrons. The van der Waals surface area contributed by atoms with Gasteiger partial charge in [0.15, 0.2) is 0 Å². The summed E-state index contributed by atoms with van der Waals surface area (Å²) in [5.74, 6) is 0.685. The minimum atomic E-state index is 0.685. The Hall–Kier alpha value is -1.02. The molecule has 2 rings (SSSR count). The lowest BCUT2D eigenvalue weighted by Crippen LogP contribution is -2.28. The van der Waals surface area contributed by atoms with E-state index in [0.29, 0.717) is 5.92 Å². The lowest BCUT2D eigenvalue weighted by Gasteiger charge is -2.24. The van der Waals surface area contributed by atoms with Crippen molar-refractivity contribution in [1.82, 2.24) is 5.32 Å². The highest BCUT2D eigenvalue weighted by Crippen LogP contribution is 2.26. The summed E-state index contributed by atoms with van der Waals surface area (Å²) in [4.78, 5) is 0. The van der Waals surface area contributed by atoms with E-state index in [9.17, 15) is 0 Å². The maximum atomic E-state index is 5.74. The zero-order valence-corrected chi connectivity index (χ0v) is 8.72. The van der Waals surface area contributed by atoms with Crippen molar-refractivity contribution in [1.29, 1.82) is 0 Å². The van der Waals surface area contributed by atoms with Gasteiger partial charge in [-0.15, -0.1) is 0 Å². The van der Waals surface area contributed by atoms with Crippen LogP contribution in [0.2, 0.25) is 0 Å². The van der Waals surface area contributed by atoms with Crippen LogP contribution in [0, 0.1) is 6.92 Å². The molecular formula is C12H18N2. The Morgan fingerprint density at radius 2 is 2.29 bits per heavy atom. The van der Waals surface area contributed by atoms with Crippen molar-refractivity contribution in [2.24, 2.45) is 0 Å². The van der Waals surface area contributed by atoms with E-state index in [1.54, 1.807) is 0 Å². The molecule has 0 bridgehead atoms. The normalized spacial score (nSPS) is 22.2. The van der Waals surface area contributed by atoms with E-state index in [1.165, 1.54) is 30.5 Å². The predicted molar refractivity (Wildman–Crippen MR) is 60.4 cm³/mol. The van der Waals surface area contributed by atoms with Crippen LogP contribution in [0.1, 0.15) is 29.9 Å². The first-order valence-electron chi connectivity index (χ1n) is 5.34. The fraction of sp³-hybridized carbons (Fsp3) is 0.500. The highest BCUT2D eigenvalue weighted by Gasteiger charge is 2.16. The van der Waals surface area contributed by atoms with Crippen molar-refractivity contribution >= 4 is 5.69 Å². The lowest BCUT2D eigenvalue weighted by molar-refractivity contribution is 0.460. The van der Waals surface area contributed by atoms with Crippen molar-refractivity contribution in [3.8, 4) is 0 Å². The first-order chi connectivity index (χ1) is 6.77. The standard InChI is InChI=1S/C12H18N2/c1-9-7-11(13)4-5-12(9)10-3-2-6-14-8-10/h4-5,7,10,14H,2-3,6,8,13H2,1H3/t10-/m1/s1. The lowest BCUT2D eigenvalue weighted by atomic mass is 9.89. The SMILES string of the molecule is Cc1cc(N)ccc1[C@@H]1CCCNC1. The van der Waals surface area contributed by atoms with Crippen LogP contribution in [0.25, 0.3) is 0 Å². The van der Waals surface area contributed by atoms with Crippen molar-refractivity contribution in [3.05, 3.63) is 29.3 Å². The largest absolute Gasteiger partial charge is 0.399 e. The van der Waals surface area contributed by atoms with E-state index in [-0.39, 0.29) is 0 Å². The van der Waals surface area contributed by atoms with E-state index in [2.05, 4.69) is 24.4 Å². The second-order valence-corrected chi connectivity index (χ2v) is 4.16. The molecule has 0 unspecified atom stereocenters. The third-order valence-corrected chi connectivity index (χ3v) is 3.03. The molecule has 1 aromatic carbocycles. The number of anilines is 1. The topological polar surface area (TPSA) is 38.0 Å². The number of nitrogens with two attached hydrogens (primary N) is 1. The molecule has 0 spiro atoms. The predicted octanol–water partition coefficient (Wildman–Crippen LogP) is 2.04. The minimum absolute atomic E-state index is 0.685. The number of nitrogens with one attached hydrogen (secondary N) is 1. The van der Waals surface area contributed by atoms with Crippen LogP contribution in [0.5, 0.6) is 0 Å². The highest BCUT2D eigenvalue weighted by atomic mass is 14.9. The molecule has 1 atom stereocenters. The number of hydrogen-bond acceptors (Lipinski definition) is 2. The second-order valence-electron chi connectivity index (χ2n) is 4.16. The molecule has 2 nitrogen and oxygen atoms in total. The Morgan fingerprint density at radius 3 is 2.93 bits per heavy atom. The summed E-state index contributed by atoms with van der Waals surface area (Å²) in [5.41, 5.74) is 9.41. The van der Waals surface area contributed by atoms with Gasteiger partial charge in [-0.1, -0.05) is 6.07 Å². The first-order valence-corrected chi connectivity index (χ1v) is 5.34. The summed E-state index contributed by atoms with van der Waals surface area (Å²) >= 11 is 0. The highest BCUT2D eigenvalue weighted by molar-refractivity contribution is 5.45. The number of aryl methyl sites for hydroxylation is 1. The van der Waals surface area contributed by atoms with E-state index in [0.717, 1.165) is 12.2 Å². The van der Waals surface area contributed by atoms with Gasteiger partial charge in [0.1, 0.15) is 0 Å². The zero-order valence-electron chi connectivity index (χ0n) is 8.72. The van der Waals surface area contributed by atoms with Gasteiger partial charge < -0.3 is 11.1 Å². The summed E-state index contributed by atoms with van der Waals surface area (Å²) in [7, 11) is 0. The van der Waals surface area contributed by atoms with Gasteiger partial charge in [0.25, 0.3) is 0 Å². The molecule has 1 aromatic rings. The maximum Gasteiger partial charge on any atom is 0.0316 e. The molecule has 3 N–H and O–H groups in total. The summed E-state index contributed by atoms with van der Waals surface area (Å²) in [6.45, 7) is 4.44. The molecule has 1 aliphatic heterocycles. The van der Waals surface area contributed by atoms with Crippen LogP contribution in [-0.2, 0) is 0 Å². The summed E-state index contributed by atoms with van der Waals surface area (Å²) in [6, 6.07) is 6.27. The van der Waals surface area contributed by atoms with Crippen LogP contribution >= 0.6 is 0 Å². The van der Waals surface area contributed by atoms with Crippen LogP contribution in [-0.4, -0.2) is 13.1 Å². The summed E-state index contributed by atoms with van der Waals surface area (Å²) in [5, 5.41) is 3.44.